The summed E-state index contributed by atoms with van der Waals surface area (Å²) in [5, 5.41) is 0. The van der Waals surface area contributed by atoms with Gasteiger partial charge in [0.1, 0.15) is 0 Å². The highest BCUT2D eigenvalue weighted by molar-refractivity contribution is 5.15. The summed E-state index contributed by atoms with van der Waals surface area (Å²) in [5.74, 6) is 0. The third-order valence-electron chi connectivity index (χ3n) is 4.23. The van der Waals surface area contributed by atoms with Crippen LogP contribution >= 0.6 is 0 Å². The van der Waals surface area contributed by atoms with Crippen molar-refractivity contribution < 1.29 is 0 Å². The molecule has 1 nitrogen and oxygen atoms in total. The molecular formula is C20H31N. The van der Waals surface area contributed by atoms with E-state index in [-0.39, 0.29) is 5.41 Å². The van der Waals surface area contributed by atoms with Gasteiger partial charge in [0.05, 0.1) is 0 Å². The van der Waals surface area contributed by atoms with Crippen molar-refractivity contribution in [3.05, 3.63) is 74.4 Å². The first kappa shape index (κ1) is 19.4. The van der Waals surface area contributed by atoms with Crippen molar-refractivity contribution in [2.75, 3.05) is 6.54 Å². The first-order chi connectivity index (χ1) is 9.92. The third-order valence-corrected chi connectivity index (χ3v) is 4.23. The van der Waals surface area contributed by atoms with E-state index in [2.05, 4.69) is 39.5 Å². The third kappa shape index (κ3) is 7.67. The molecule has 0 unspecified atom stereocenters. The SMILES string of the molecule is C=CC(=C)CCC(CN)(CCC(=C)C=C)CCC(=C)C=C. The first-order valence-electron chi connectivity index (χ1n) is 7.53. The summed E-state index contributed by atoms with van der Waals surface area (Å²) < 4.78 is 0. The van der Waals surface area contributed by atoms with E-state index in [9.17, 15) is 0 Å². The van der Waals surface area contributed by atoms with Crippen LogP contribution in [0.1, 0.15) is 38.5 Å². The number of hydrogen-bond donors (Lipinski definition) is 1. The fourth-order valence-corrected chi connectivity index (χ4v) is 2.26. The van der Waals surface area contributed by atoms with Gasteiger partial charge in [-0.05, 0) is 50.5 Å². The molecule has 0 spiro atoms. The zero-order valence-electron chi connectivity index (χ0n) is 13.5. The van der Waals surface area contributed by atoms with Crippen molar-refractivity contribution in [2.45, 2.75) is 38.5 Å². The molecule has 2 N–H and O–H groups in total. The molecular weight excluding hydrogens is 254 g/mol. The standard InChI is InChI=1S/C20H31N/c1-7-17(4)10-13-20(16-21,14-11-18(5)8-2)15-12-19(6)9-3/h7-9H,1-6,10-16,21H2. The quantitative estimate of drug-likeness (QED) is 0.444. The van der Waals surface area contributed by atoms with Crippen LogP contribution in [0.25, 0.3) is 0 Å². The Morgan fingerprint density at radius 2 is 1.00 bits per heavy atom. The van der Waals surface area contributed by atoms with Crippen molar-refractivity contribution in [1.82, 2.24) is 0 Å². The van der Waals surface area contributed by atoms with E-state index in [1.165, 1.54) is 0 Å². The molecule has 0 bridgehead atoms. The molecule has 0 radical (unpaired) electrons. The lowest BCUT2D eigenvalue weighted by molar-refractivity contribution is 0.230. The summed E-state index contributed by atoms with van der Waals surface area (Å²) in [6, 6.07) is 0. The number of nitrogens with two attached hydrogens (primary N) is 1. The lowest BCUT2D eigenvalue weighted by atomic mass is 9.73. The van der Waals surface area contributed by atoms with Crippen LogP contribution in [0.5, 0.6) is 0 Å². The molecule has 0 aliphatic heterocycles. The molecule has 0 amide bonds. The summed E-state index contributed by atoms with van der Waals surface area (Å²) in [5.41, 5.74) is 9.41. The molecule has 116 valence electrons. The van der Waals surface area contributed by atoms with Gasteiger partial charge in [-0.2, -0.15) is 0 Å². The largest absolute Gasteiger partial charge is 0.330 e. The summed E-state index contributed by atoms with van der Waals surface area (Å²) in [6.45, 7) is 24.0. The predicted molar refractivity (Wildman–Crippen MR) is 97.2 cm³/mol. The second-order valence-corrected chi connectivity index (χ2v) is 5.79. The fraction of sp³-hybridized carbons (Fsp3) is 0.400. The highest BCUT2D eigenvalue weighted by Crippen LogP contribution is 2.37. The van der Waals surface area contributed by atoms with Crippen LogP contribution in [0.15, 0.2) is 74.4 Å². The maximum atomic E-state index is 6.12. The summed E-state index contributed by atoms with van der Waals surface area (Å²) in [7, 11) is 0. The zero-order valence-corrected chi connectivity index (χ0v) is 13.5. The fourth-order valence-electron chi connectivity index (χ4n) is 2.26. The van der Waals surface area contributed by atoms with Crippen LogP contribution in [0.3, 0.4) is 0 Å². The van der Waals surface area contributed by atoms with Crippen LogP contribution in [0, 0.1) is 5.41 Å². The van der Waals surface area contributed by atoms with Gasteiger partial charge in [0.2, 0.25) is 0 Å². The highest BCUT2D eigenvalue weighted by atomic mass is 14.6. The van der Waals surface area contributed by atoms with Gasteiger partial charge in [-0.1, -0.05) is 74.4 Å². The molecule has 0 rings (SSSR count). The van der Waals surface area contributed by atoms with Crippen molar-refractivity contribution in [3.63, 3.8) is 0 Å². The van der Waals surface area contributed by atoms with Crippen molar-refractivity contribution in [3.8, 4) is 0 Å². The number of rotatable bonds is 13. The first-order valence-corrected chi connectivity index (χ1v) is 7.53. The summed E-state index contributed by atoms with van der Waals surface area (Å²) >= 11 is 0. The molecule has 0 heterocycles. The average Bonchev–Trinajstić information content (AvgIpc) is 2.53. The van der Waals surface area contributed by atoms with Gasteiger partial charge in [0.25, 0.3) is 0 Å². The topological polar surface area (TPSA) is 26.0 Å². The van der Waals surface area contributed by atoms with Gasteiger partial charge in [0.15, 0.2) is 0 Å². The van der Waals surface area contributed by atoms with Crippen LogP contribution in [0.4, 0.5) is 0 Å². The van der Waals surface area contributed by atoms with Gasteiger partial charge in [0, 0.05) is 0 Å². The molecule has 21 heavy (non-hydrogen) atoms. The molecule has 0 saturated carbocycles. The molecule has 0 aromatic carbocycles. The lowest BCUT2D eigenvalue weighted by Crippen LogP contribution is -2.31. The second kappa shape index (κ2) is 10.2. The van der Waals surface area contributed by atoms with Crippen LogP contribution in [-0.4, -0.2) is 6.54 Å². The van der Waals surface area contributed by atoms with Crippen LogP contribution in [0.2, 0.25) is 0 Å². The van der Waals surface area contributed by atoms with E-state index in [0.717, 1.165) is 55.2 Å². The summed E-state index contributed by atoms with van der Waals surface area (Å²) in [6.07, 6.45) is 11.3. The van der Waals surface area contributed by atoms with Gasteiger partial charge in [-0.15, -0.1) is 0 Å². The minimum Gasteiger partial charge on any atom is -0.330 e. The predicted octanol–water partition coefficient (Wildman–Crippen LogP) is 5.50. The minimum absolute atomic E-state index is 0.0872. The molecule has 0 aliphatic carbocycles. The molecule has 0 fully saturated rings. The number of hydrogen-bond acceptors (Lipinski definition) is 1. The zero-order chi connectivity index (χ0) is 16.3. The van der Waals surface area contributed by atoms with Gasteiger partial charge in [-0.3, -0.25) is 0 Å². The Bertz CT molecular complexity index is 352. The van der Waals surface area contributed by atoms with E-state index in [0.29, 0.717) is 6.54 Å². The monoisotopic (exact) mass is 285 g/mol. The lowest BCUT2D eigenvalue weighted by Gasteiger charge is -2.33. The van der Waals surface area contributed by atoms with E-state index < -0.39 is 0 Å². The van der Waals surface area contributed by atoms with Gasteiger partial charge < -0.3 is 5.73 Å². The van der Waals surface area contributed by atoms with E-state index >= 15 is 0 Å². The van der Waals surface area contributed by atoms with Crippen molar-refractivity contribution in [2.24, 2.45) is 11.1 Å². The Kier molecular flexibility index (Phi) is 9.40. The van der Waals surface area contributed by atoms with Gasteiger partial charge >= 0.3 is 0 Å². The molecule has 0 saturated heterocycles. The molecule has 0 aromatic rings. The normalized spacial score (nSPS) is 10.7. The van der Waals surface area contributed by atoms with Crippen molar-refractivity contribution in [1.29, 1.82) is 0 Å². The maximum Gasteiger partial charge on any atom is -0.00202 e. The maximum absolute atomic E-state index is 6.12. The van der Waals surface area contributed by atoms with E-state index in [4.69, 9.17) is 5.73 Å². The Labute approximate surface area is 131 Å². The highest BCUT2D eigenvalue weighted by Gasteiger charge is 2.27. The molecule has 0 aliphatic rings. The Morgan fingerprint density at radius 3 is 1.19 bits per heavy atom. The minimum atomic E-state index is 0.0872. The number of allylic oxidation sites excluding steroid dienone is 6. The second-order valence-electron chi connectivity index (χ2n) is 5.79. The van der Waals surface area contributed by atoms with E-state index in [1.54, 1.807) is 0 Å². The van der Waals surface area contributed by atoms with Crippen LogP contribution in [-0.2, 0) is 0 Å². The Morgan fingerprint density at radius 1 is 0.714 bits per heavy atom. The Hall–Kier alpha value is -1.60. The van der Waals surface area contributed by atoms with Gasteiger partial charge in [-0.25, -0.2) is 0 Å². The van der Waals surface area contributed by atoms with Crippen LogP contribution < -0.4 is 5.73 Å². The smallest absolute Gasteiger partial charge is 0.00202 e. The molecule has 0 aromatic heterocycles. The van der Waals surface area contributed by atoms with Crippen molar-refractivity contribution >= 4 is 0 Å². The summed E-state index contributed by atoms with van der Waals surface area (Å²) in [4.78, 5) is 0. The Balaban J connectivity index is 4.87. The average molecular weight is 285 g/mol. The molecule has 1 heteroatoms. The molecule has 0 atom stereocenters. The van der Waals surface area contributed by atoms with E-state index in [1.807, 2.05) is 18.2 Å².